The Morgan fingerprint density at radius 2 is 1.38 bits per heavy atom. The van der Waals surface area contributed by atoms with Crippen molar-refractivity contribution in [2.75, 3.05) is 0 Å². The average molecular weight is 387 g/mol. The van der Waals surface area contributed by atoms with E-state index in [1.54, 1.807) is 5.57 Å². The van der Waals surface area contributed by atoms with Crippen molar-refractivity contribution in [1.29, 1.82) is 0 Å². The van der Waals surface area contributed by atoms with Gasteiger partial charge in [0.1, 0.15) is 0 Å². The van der Waals surface area contributed by atoms with Gasteiger partial charge in [0.25, 0.3) is 0 Å². The fraction of sp³-hybridized carbons (Fsp3) is 0.517. The van der Waals surface area contributed by atoms with Crippen LogP contribution in [0.15, 0.2) is 60.7 Å². The summed E-state index contributed by atoms with van der Waals surface area (Å²) in [7, 11) is 0. The molecule has 0 aromatic heterocycles. The second-order valence-corrected chi connectivity index (χ2v) is 9.48. The Morgan fingerprint density at radius 1 is 0.690 bits per heavy atom. The molecule has 0 radical (unpaired) electrons. The zero-order valence-electron chi connectivity index (χ0n) is 18.3. The molecule has 0 heteroatoms. The van der Waals surface area contributed by atoms with Gasteiger partial charge in [-0.15, -0.1) is 0 Å². The molecule has 0 amide bonds. The molecule has 2 aliphatic carbocycles. The molecule has 0 aliphatic heterocycles. The van der Waals surface area contributed by atoms with Gasteiger partial charge >= 0.3 is 0 Å². The molecule has 2 aromatic rings. The van der Waals surface area contributed by atoms with E-state index in [1.807, 2.05) is 0 Å². The number of benzene rings is 2. The van der Waals surface area contributed by atoms with E-state index in [4.69, 9.17) is 0 Å². The molecule has 0 spiro atoms. The van der Waals surface area contributed by atoms with E-state index in [2.05, 4.69) is 67.6 Å². The Hall–Kier alpha value is -1.82. The minimum absolute atomic E-state index is 0.943. The molecule has 2 aromatic carbocycles. The fourth-order valence-corrected chi connectivity index (χ4v) is 5.68. The van der Waals surface area contributed by atoms with Crippen LogP contribution in [0, 0.1) is 17.8 Å². The summed E-state index contributed by atoms with van der Waals surface area (Å²) in [6.45, 7) is 2.32. The summed E-state index contributed by atoms with van der Waals surface area (Å²) in [5.41, 5.74) is 5.64. The van der Waals surface area contributed by atoms with Gasteiger partial charge in [-0.25, -0.2) is 0 Å². The van der Waals surface area contributed by atoms with Crippen LogP contribution in [0.3, 0.4) is 0 Å². The molecule has 0 nitrogen and oxygen atoms in total. The predicted octanol–water partition coefficient (Wildman–Crippen LogP) is 8.92. The molecule has 4 rings (SSSR count). The van der Waals surface area contributed by atoms with Crippen molar-refractivity contribution in [3.05, 3.63) is 66.2 Å². The van der Waals surface area contributed by atoms with Crippen LogP contribution in [0.4, 0.5) is 0 Å². The SMILES string of the molecule is CCCCC[C@H]1CC[C@H](C2CC=C(c3ccc(-c4ccccc4)cc3)CC2)CC1. The van der Waals surface area contributed by atoms with Crippen molar-refractivity contribution in [3.63, 3.8) is 0 Å². The van der Waals surface area contributed by atoms with Crippen LogP contribution in [-0.4, -0.2) is 0 Å². The van der Waals surface area contributed by atoms with Crippen LogP contribution in [-0.2, 0) is 0 Å². The normalized spacial score (nSPS) is 24.9. The van der Waals surface area contributed by atoms with E-state index in [0.29, 0.717) is 0 Å². The number of unbranched alkanes of at least 4 members (excludes halogenated alkanes) is 2. The fourth-order valence-electron chi connectivity index (χ4n) is 5.68. The predicted molar refractivity (Wildman–Crippen MR) is 127 cm³/mol. The first-order chi connectivity index (χ1) is 14.3. The molecule has 1 atom stereocenters. The van der Waals surface area contributed by atoms with Crippen LogP contribution in [0.25, 0.3) is 16.7 Å². The molecule has 0 heterocycles. The third kappa shape index (κ3) is 5.41. The number of hydrogen-bond donors (Lipinski definition) is 0. The topological polar surface area (TPSA) is 0 Å². The van der Waals surface area contributed by atoms with Gasteiger partial charge in [0.15, 0.2) is 0 Å². The Kier molecular flexibility index (Phi) is 7.25. The first kappa shape index (κ1) is 20.5. The second-order valence-electron chi connectivity index (χ2n) is 9.48. The zero-order chi connectivity index (χ0) is 19.9. The van der Waals surface area contributed by atoms with Crippen molar-refractivity contribution in [2.24, 2.45) is 17.8 Å². The largest absolute Gasteiger partial charge is 0.0804 e. The van der Waals surface area contributed by atoms with Crippen molar-refractivity contribution in [2.45, 2.75) is 77.6 Å². The monoisotopic (exact) mass is 386 g/mol. The summed E-state index contributed by atoms with van der Waals surface area (Å²) >= 11 is 0. The quantitative estimate of drug-likeness (QED) is 0.417. The minimum atomic E-state index is 0.943. The average Bonchev–Trinajstić information content (AvgIpc) is 2.81. The van der Waals surface area contributed by atoms with Crippen molar-refractivity contribution in [1.82, 2.24) is 0 Å². The number of allylic oxidation sites excluding steroid dienone is 2. The minimum Gasteiger partial charge on any atom is -0.0804 e. The van der Waals surface area contributed by atoms with Gasteiger partial charge in [0.05, 0.1) is 0 Å². The Morgan fingerprint density at radius 3 is 2.03 bits per heavy atom. The highest BCUT2D eigenvalue weighted by Crippen LogP contribution is 2.42. The maximum absolute atomic E-state index is 2.57. The molecule has 1 unspecified atom stereocenters. The molecule has 0 saturated heterocycles. The van der Waals surface area contributed by atoms with E-state index in [-0.39, 0.29) is 0 Å². The lowest BCUT2D eigenvalue weighted by atomic mass is 9.70. The lowest BCUT2D eigenvalue weighted by Crippen LogP contribution is -2.23. The van der Waals surface area contributed by atoms with Crippen molar-refractivity contribution in [3.8, 4) is 11.1 Å². The van der Waals surface area contributed by atoms with Crippen LogP contribution < -0.4 is 0 Å². The molecule has 1 saturated carbocycles. The maximum atomic E-state index is 2.57. The van der Waals surface area contributed by atoms with Gasteiger partial charge in [-0.2, -0.15) is 0 Å². The molecular weight excluding hydrogens is 348 g/mol. The Labute approximate surface area is 178 Å². The van der Waals surface area contributed by atoms with Crippen LogP contribution in [0.5, 0.6) is 0 Å². The molecule has 1 fully saturated rings. The van der Waals surface area contributed by atoms with Gasteiger partial charge < -0.3 is 0 Å². The lowest BCUT2D eigenvalue weighted by Gasteiger charge is -2.35. The first-order valence-corrected chi connectivity index (χ1v) is 12.2. The maximum Gasteiger partial charge on any atom is -0.0184 e. The first-order valence-electron chi connectivity index (χ1n) is 12.2. The summed E-state index contributed by atoms with van der Waals surface area (Å²) in [5.74, 6) is 2.98. The second kappa shape index (κ2) is 10.3. The molecule has 2 aliphatic rings. The molecule has 29 heavy (non-hydrogen) atoms. The van der Waals surface area contributed by atoms with Crippen LogP contribution in [0.1, 0.15) is 83.1 Å². The standard InChI is InChI=1S/C29H38/c1-2-3-5-8-23-11-13-25(14-12-23)27-19-21-29(22-20-27)28-17-15-26(16-18-28)24-9-6-4-7-10-24/h4,6-7,9-10,15-18,21,23,25,27H,2-3,5,8,11-14,19-20,22H2,1H3/t23-,25-,27?. The third-order valence-corrected chi connectivity index (χ3v) is 7.59. The van der Waals surface area contributed by atoms with Crippen molar-refractivity contribution < 1.29 is 0 Å². The summed E-state index contributed by atoms with van der Waals surface area (Å²) in [4.78, 5) is 0. The van der Waals surface area contributed by atoms with Crippen molar-refractivity contribution >= 4 is 5.57 Å². The van der Waals surface area contributed by atoms with Crippen LogP contribution in [0.2, 0.25) is 0 Å². The van der Waals surface area contributed by atoms with E-state index in [9.17, 15) is 0 Å². The third-order valence-electron chi connectivity index (χ3n) is 7.59. The summed E-state index contributed by atoms with van der Waals surface area (Å²) in [6.07, 6.45) is 18.3. The van der Waals surface area contributed by atoms with Gasteiger partial charge in [-0.3, -0.25) is 0 Å². The van der Waals surface area contributed by atoms with E-state index >= 15 is 0 Å². The molecule has 0 bridgehead atoms. The van der Waals surface area contributed by atoms with Gasteiger partial charge in [0.2, 0.25) is 0 Å². The number of hydrogen-bond acceptors (Lipinski definition) is 0. The Bertz CT molecular complexity index is 759. The molecular formula is C29H38. The summed E-state index contributed by atoms with van der Waals surface area (Å²) < 4.78 is 0. The highest BCUT2D eigenvalue weighted by atomic mass is 14.3. The van der Waals surface area contributed by atoms with Crippen LogP contribution >= 0.6 is 0 Å². The molecule has 0 N–H and O–H groups in total. The van der Waals surface area contributed by atoms with E-state index < -0.39 is 0 Å². The zero-order valence-corrected chi connectivity index (χ0v) is 18.3. The van der Waals surface area contributed by atoms with Gasteiger partial charge in [0, 0.05) is 0 Å². The summed E-state index contributed by atoms with van der Waals surface area (Å²) in [5, 5.41) is 0. The van der Waals surface area contributed by atoms with Gasteiger partial charge in [-0.1, -0.05) is 106 Å². The van der Waals surface area contributed by atoms with E-state index in [1.165, 1.54) is 87.3 Å². The summed E-state index contributed by atoms with van der Waals surface area (Å²) in [6, 6.07) is 19.9. The highest BCUT2D eigenvalue weighted by molar-refractivity contribution is 5.70. The lowest BCUT2D eigenvalue weighted by molar-refractivity contribution is 0.187. The molecule has 154 valence electrons. The Balaban J connectivity index is 1.29. The highest BCUT2D eigenvalue weighted by Gasteiger charge is 2.28. The van der Waals surface area contributed by atoms with Gasteiger partial charge in [-0.05, 0) is 72.1 Å². The van der Waals surface area contributed by atoms with E-state index in [0.717, 1.165) is 17.8 Å². The number of rotatable bonds is 7. The smallest absolute Gasteiger partial charge is 0.0184 e.